The van der Waals surface area contributed by atoms with Gasteiger partial charge in [0, 0.05) is 24.8 Å². The second-order valence-corrected chi connectivity index (χ2v) is 4.99. The van der Waals surface area contributed by atoms with Gasteiger partial charge in [0.05, 0.1) is 0 Å². The third-order valence-corrected chi connectivity index (χ3v) is 3.40. The molecular weight excluding hydrogens is 270 g/mol. The first-order valence-corrected chi connectivity index (χ1v) is 7.27. The van der Waals surface area contributed by atoms with Gasteiger partial charge in [0.25, 0.3) is 0 Å². The van der Waals surface area contributed by atoms with E-state index in [-0.39, 0.29) is 11.8 Å². The van der Waals surface area contributed by atoms with Gasteiger partial charge in [-0.25, -0.2) is 0 Å². The van der Waals surface area contributed by atoms with E-state index in [1.807, 2.05) is 36.4 Å². The Labute approximate surface area is 124 Å². The van der Waals surface area contributed by atoms with Crippen LogP contribution in [0.15, 0.2) is 60.7 Å². The number of halogens is 1. The second-order valence-electron chi connectivity index (χ2n) is 4.62. The lowest BCUT2D eigenvalue weighted by Gasteiger charge is -2.17. The highest BCUT2D eigenvalue weighted by molar-refractivity contribution is 6.18. The Kier molecular flexibility index (Phi) is 5.63. The molecule has 20 heavy (non-hydrogen) atoms. The van der Waals surface area contributed by atoms with Gasteiger partial charge >= 0.3 is 0 Å². The largest absolute Gasteiger partial charge is 0.355 e. The fraction of sp³-hybridized carbons (Fsp3) is 0.235. The molecule has 2 rings (SSSR count). The summed E-state index contributed by atoms with van der Waals surface area (Å²) in [4.78, 5) is 12.0. The summed E-state index contributed by atoms with van der Waals surface area (Å²) in [5.74, 6) is 0.545. The predicted octanol–water partition coefficient (Wildman–Crippen LogP) is 3.56. The van der Waals surface area contributed by atoms with E-state index in [0.29, 0.717) is 18.8 Å². The third-order valence-electron chi connectivity index (χ3n) is 3.21. The highest BCUT2D eigenvalue weighted by atomic mass is 35.5. The van der Waals surface area contributed by atoms with Gasteiger partial charge in [-0.2, -0.15) is 0 Å². The molecule has 104 valence electrons. The van der Waals surface area contributed by atoms with Crippen molar-refractivity contribution in [2.24, 2.45) is 0 Å². The molecule has 0 radical (unpaired) electrons. The Morgan fingerprint density at radius 3 is 1.90 bits per heavy atom. The van der Waals surface area contributed by atoms with Crippen molar-refractivity contribution in [3.8, 4) is 0 Å². The SMILES string of the molecule is O=C(CC(c1ccccc1)c1ccccc1)NCCCl. The molecule has 0 fully saturated rings. The Bertz CT molecular complexity index is 488. The first-order valence-electron chi connectivity index (χ1n) is 6.74. The molecule has 0 aromatic heterocycles. The van der Waals surface area contributed by atoms with Gasteiger partial charge in [0.2, 0.25) is 5.91 Å². The van der Waals surface area contributed by atoms with Crippen molar-refractivity contribution in [1.29, 1.82) is 0 Å². The van der Waals surface area contributed by atoms with Gasteiger partial charge in [0.1, 0.15) is 0 Å². The molecule has 3 heteroatoms. The minimum atomic E-state index is 0.0309. The Hall–Kier alpha value is -1.80. The van der Waals surface area contributed by atoms with Crippen LogP contribution in [0.4, 0.5) is 0 Å². The average Bonchev–Trinajstić information content (AvgIpc) is 2.52. The number of carbonyl (C=O) groups excluding carboxylic acids is 1. The van der Waals surface area contributed by atoms with Crippen molar-refractivity contribution in [3.05, 3.63) is 71.8 Å². The van der Waals surface area contributed by atoms with Crippen LogP contribution in [0, 0.1) is 0 Å². The van der Waals surface area contributed by atoms with Crippen LogP contribution < -0.4 is 5.32 Å². The van der Waals surface area contributed by atoms with Crippen molar-refractivity contribution in [3.63, 3.8) is 0 Å². The molecule has 1 amide bonds. The Morgan fingerprint density at radius 1 is 0.950 bits per heavy atom. The maximum atomic E-state index is 12.0. The monoisotopic (exact) mass is 287 g/mol. The topological polar surface area (TPSA) is 29.1 Å². The van der Waals surface area contributed by atoms with Crippen molar-refractivity contribution in [1.82, 2.24) is 5.32 Å². The zero-order valence-corrected chi connectivity index (χ0v) is 12.0. The molecule has 2 aromatic carbocycles. The van der Waals surface area contributed by atoms with Crippen LogP contribution in [-0.4, -0.2) is 18.3 Å². The zero-order valence-electron chi connectivity index (χ0n) is 11.3. The fourth-order valence-electron chi connectivity index (χ4n) is 2.24. The van der Waals surface area contributed by atoms with Crippen LogP contribution in [-0.2, 0) is 4.79 Å². The molecule has 0 aliphatic carbocycles. The smallest absolute Gasteiger partial charge is 0.220 e. The summed E-state index contributed by atoms with van der Waals surface area (Å²) >= 11 is 5.60. The number of nitrogens with one attached hydrogen (secondary N) is 1. The summed E-state index contributed by atoms with van der Waals surface area (Å²) in [5, 5.41) is 2.83. The van der Waals surface area contributed by atoms with E-state index >= 15 is 0 Å². The quantitative estimate of drug-likeness (QED) is 0.809. The van der Waals surface area contributed by atoms with E-state index in [9.17, 15) is 4.79 Å². The summed E-state index contributed by atoms with van der Waals surface area (Å²) in [6.45, 7) is 0.511. The van der Waals surface area contributed by atoms with E-state index in [1.54, 1.807) is 0 Å². The predicted molar refractivity (Wildman–Crippen MR) is 83.1 cm³/mol. The van der Waals surface area contributed by atoms with E-state index in [0.717, 1.165) is 11.1 Å². The van der Waals surface area contributed by atoms with Crippen molar-refractivity contribution in [2.45, 2.75) is 12.3 Å². The molecule has 0 aliphatic heterocycles. The van der Waals surface area contributed by atoms with E-state index < -0.39 is 0 Å². The van der Waals surface area contributed by atoms with E-state index in [1.165, 1.54) is 0 Å². The molecule has 0 atom stereocenters. The highest BCUT2D eigenvalue weighted by Crippen LogP contribution is 2.27. The molecule has 2 nitrogen and oxygen atoms in total. The van der Waals surface area contributed by atoms with Crippen LogP contribution in [0.2, 0.25) is 0 Å². The number of hydrogen-bond acceptors (Lipinski definition) is 1. The lowest BCUT2D eigenvalue weighted by atomic mass is 9.88. The zero-order chi connectivity index (χ0) is 14.2. The van der Waals surface area contributed by atoms with Gasteiger partial charge in [-0.3, -0.25) is 4.79 Å². The second kappa shape index (κ2) is 7.71. The molecule has 0 bridgehead atoms. The molecule has 0 aliphatic rings. The molecule has 0 saturated carbocycles. The van der Waals surface area contributed by atoms with Gasteiger partial charge in [-0.05, 0) is 11.1 Å². The normalized spacial score (nSPS) is 10.5. The summed E-state index contributed by atoms with van der Waals surface area (Å²) in [5.41, 5.74) is 2.31. The lowest BCUT2D eigenvalue weighted by Crippen LogP contribution is -2.27. The van der Waals surface area contributed by atoms with E-state index in [4.69, 9.17) is 11.6 Å². The maximum absolute atomic E-state index is 12.0. The van der Waals surface area contributed by atoms with Gasteiger partial charge < -0.3 is 5.32 Å². The molecule has 0 saturated heterocycles. The highest BCUT2D eigenvalue weighted by Gasteiger charge is 2.17. The minimum absolute atomic E-state index is 0.0309. The molecule has 2 aromatic rings. The van der Waals surface area contributed by atoms with Crippen molar-refractivity contribution >= 4 is 17.5 Å². The van der Waals surface area contributed by atoms with E-state index in [2.05, 4.69) is 29.6 Å². The van der Waals surface area contributed by atoms with Gasteiger partial charge in [0.15, 0.2) is 0 Å². The van der Waals surface area contributed by atoms with Crippen LogP contribution in [0.1, 0.15) is 23.5 Å². The molecule has 0 heterocycles. The number of hydrogen-bond donors (Lipinski definition) is 1. The molecular formula is C17H18ClNO. The maximum Gasteiger partial charge on any atom is 0.220 e. The van der Waals surface area contributed by atoms with Crippen LogP contribution >= 0.6 is 11.6 Å². The minimum Gasteiger partial charge on any atom is -0.355 e. The average molecular weight is 288 g/mol. The van der Waals surface area contributed by atoms with Crippen molar-refractivity contribution < 1.29 is 4.79 Å². The molecule has 1 N–H and O–H groups in total. The fourth-order valence-corrected chi connectivity index (χ4v) is 2.34. The molecule has 0 unspecified atom stereocenters. The number of alkyl halides is 1. The number of benzene rings is 2. The van der Waals surface area contributed by atoms with Crippen LogP contribution in [0.3, 0.4) is 0 Å². The van der Waals surface area contributed by atoms with Gasteiger partial charge in [-0.1, -0.05) is 60.7 Å². The number of rotatable bonds is 6. The Morgan fingerprint density at radius 2 is 1.45 bits per heavy atom. The summed E-state index contributed by atoms with van der Waals surface area (Å²) in [7, 11) is 0. The Balaban J connectivity index is 2.19. The standard InChI is InChI=1S/C17H18ClNO/c18-11-12-19-17(20)13-16(14-7-3-1-4-8-14)15-9-5-2-6-10-15/h1-10,16H,11-13H2,(H,19,20). The van der Waals surface area contributed by atoms with Gasteiger partial charge in [-0.15, -0.1) is 11.6 Å². The summed E-state index contributed by atoms with van der Waals surface area (Å²) in [6.07, 6.45) is 0.435. The van der Waals surface area contributed by atoms with Crippen LogP contribution in [0.5, 0.6) is 0 Å². The van der Waals surface area contributed by atoms with Crippen molar-refractivity contribution in [2.75, 3.05) is 12.4 Å². The summed E-state index contributed by atoms with van der Waals surface area (Å²) in [6, 6.07) is 20.2. The number of carbonyl (C=O) groups is 1. The third kappa shape index (κ3) is 4.10. The van der Waals surface area contributed by atoms with Crippen LogP contribution in [0.25, 0.3) is 0 Å². The number of amides is 1. The first-order chi connectivity index (χ1) is 9.81. The summed E-state index contributed by atoms with van der Waals surface area (Å²) < 4.78 is 0. The molecule has 0 spiro atoms. The lowest BCUT2D eigenvalue weighted by molar-refractivity contribution is -0.121. The first kappa shape index (κ1) is 14.6.